The maximum absolute atomic E-state index is 14.2. The number of fused-ring (bicyclic) bond motifs is 1. The smallest absolute Gasteiger partial charge is 0.293 e. The van der Waals surface area contributed by atoms with Gasteiger partial charge in [-0.05, 0) is 41.6 Å². The third-order valence-corrected chi connectivity index (χ3v) is 6.84. The molecule has 4 nitrogen and oxygen atoms in total. The van der Waals surface area contributed by atoms with Crippen LogP contribution in [0.2, 0.25) is 5.02 Å². The van der Waals surface area contributed by atoms with Crippen LogP contribution in [0.5, 0.6) is 0 Å². The first-order valence-corrected chi connectivity index (χ1v) is 11.5. The van der Waals surface area contributed by atoms with Gasteiger partial charge < -0.3 is 4.57 Å². The lowest BCUT2D eigenvalue weighted by Crippen LogP contribution is -2.27. The van der Waals surface area contributed by atoms with Crippen LogP contribution in [0.3, 0.4) is 0 Å². The minimum Gasteiger partial charge on any atom is -0.342 e. The van der Waals surface area contributed by atoms with Gasteiger partial charge in [-0.2, -0.15) is 0 Å². The first-order chi connectivity index (χ1) is 16.0. The molecular formula is C26H18ClFN2O2S. The maximum Gasteiger partial charge on any atom is 0.293 e. The molecule has 164 valence electrons. The highest BCUT2D eigenvalue weighted by atomic mass is 35.5. The van der Waals surface area contributed by atoms with Gasteiger partial charge in [0.1, 0.15) is 5.82 Å². The fourth-order valence-corrected chi connectivity index (χ4v) is 4.93. The number of halogens is 2. The molecule has 0 unspecified atom stereocenters. The molecule has 4 aromatic rings. The molecule has 5 rings (SSSR count). The first kappa shape index (κ1) is 21.5. The van der Waals surface area contributed by atoms with Gasteiger partial charge in [0.2, 0.25) is 0 Å². The van der Waals surface area contributed by atoms with E-state index in [0.717, 1.165) is 28.2 Å². The lowest BCUT2D eigenvalue weighted by Gasteiger charge is -2.13. The van der Waals surface area contributed by atoms with Gasteiger partial charge in [0.15, 0.2) is 0 Å². The molecular weight excluding hydrogens is 459 g/mol. The molecule has 3 aromatic carbocycles. The first-order valence-electron chi connectivity index (χ1n) is 10.3. The Hall–Kier alpha value is -3.35. The predicted octanol–water partition coefficient (Wildman–Crippen LogP) is 6.72. The normalized spacial score (nSPS) is 15.2. The quantitative estimate of drug-likeness (QED) is 0.300. The van der Waals surface area contributed by atoms with Crippen LogP contribution in [0.4, 0.5) is 9.18 Å². The summed E-state index contributed by atoms with van der Waals surface area (Å²) >= 11 is 7.12. The van der Waals surface area contributed by atoms with Gasteiger partial charge >= 0.3 is 0 Å². The van der Waals surface area contributed by atoms with Crippen LogP contribution in [0.25, 0.3) is 17.0 Å². The molecule has 7 heteroatoms. The Balaban J connectivity index is 1.48. The van der Waals surface area contributed by atoms with E-state index in [1.54, 1.807) is 42.5 Å². The number of thioether (sulfide) groups is 1. The molecule has 0 aliphatic carbocycles. The van der Waals surface area contributed by atoms with Crippen LogP contribution in [0.1, 0.15) is 16.7 Å². The lowest BCUT2D eigenvalue weighted by atomic mass is 10.1. The van der Waals surface area contributed by atoms with Gasteiger partial charge in [-0.3, -0.25) is 14.5 Å². The van der Waals surface area contributed by atoms with Crippen molar-refractivity contribution in [2.75, 3.05) is 0 Å². The second-order valence-corrected chi connectivity index (χ2v) is 9.08. The van der Waals surface area contributed by atoms with Crippen molar-refractivity contribution in [2.45, 2.75) is 13.1 Å². The van der Waals surface area contributed by atoms with Gasteiger partial charge in [-0.25, -0.2) is 4.39 Å². The Morgan fingerprint density at radius 3 is 2.36 bits per heavy atom. The molecule has 0 saturated carbocycles. The fourth-order valence-electron chi connectivity index (χ4n) is 3.91. The molecule has 2 amide bonds. The molecule has 1 aliphatic rings. The molecule has 33 heavy (non-hydrogen) atoms. The zero-order valence-electron chi connectivity index (χ0n) is 17.4. The summed E-state index contributed by atoms with van der Waals surface area (Å²) in [5, 5.41) is 1.10. The standard InChI is InChI=1S/C26H18ClFN2O2S/c27-21-10-4-1-7-17(21)16-30-25(31)24(33-26(30)32)13-19-15-29(23-12-6-3-9-20(19)23)14-18-8-2-5-11-22(18)28/h1-13,15H,14,16H2/b24-13-. The summed E-state index contributed by atoms with van der Waals surface area (Å²) in [5.41, 5.74) is 3.00. The number of benzene rings is 3. The summed E-state index contributed by atoms with van der Waals surface area (Å²) in [4.78, 5) is 27.2. The van der Waals surface area contributed by atoms with Crippen molar-refractivity contribution in [1.29, 1.82) is 0 Å². The number of para-hydroxylation sites is 1. The minimum absolute atomic E-state index is 0.122. The largest absolute Gasteiger partial charge is 0.342 e. The number of carbonyl (C=O) groups excluding carboxylic acids is 2. The molecule has 0 atom stereocenters. The van der Waals surface area contributed by atoms with Crippen LogP contribution < -0.4 is 0 Å². The Morgan fingerprint density at radius 2 is 1.58 bits per heavy atom. The molecule has 0 N–H and O–H groups in total. The number of hydrogen-bond donors (Lipinski definition) is 0. The van der Waals surface area contributed by atoms with E-state index in [2.05, 4.69) is 0 Å². The van der Waals surface area contributed by atoms with Crippen LogP contribution in [0, 0.1) is 5.82 Å². The third kappa shape index (κ3) is 4.19. The molecule has 1 fully saturated rings. The van der Waals surface area contributed by atoms with E-state index >= 15 is 0 Å². The van der Waals surface area contributed by atoms with Crippen molar-refractivity contribution in [2.24, 2.45) is 0 Å². The van der Waals surface area contributed by atoms with Crippen LogP contribution >= 0.6 is 23.4 Å². The Morgan fingerprint density at radius 1 is 0.879 bits per heavy atom. The molecule has 1 aliphatic heterocycles. The number of amides is 2. The van der Waals surface area contributed by atoms with E-state index in [-0.39, 0.29) is 23.5 Å². The summed E-state index contributed by atoms with van der Waals surface area (Å²) in [6.45, 7) is 0.478. The van der Waals surface area contributed by atoms with Crippen molar-refractivity contribution in [3.63, 3.8) is 0 Å². The fraction of sp³-hybridized carbons (Fsp3) is 0.0769. The average Bonchev–Trinajstić information content (AvgIpc) is 3.29. The zero-order valence-corrected chi connectivity index (χ0v) is 18.9. The molecule has 2 heterocycles. The highest BCUT2D eigenvalue weighted by molar-refractivity contribution is 8.18. The number of aromatic nitrogens is 1. The van der Waals surface area contributed by atoms with E-state index in [4.69, 9.17) is 11.6 Å². The zero-order chi connectivity index (χ0) is 22.9. The van der Waals surface area contributed by atoms with E-state index < -0.39 is 0 Å². The highest BCUT2D eigenvalue weighted by Crippen LogP contribution is 2.35. The Labute approximate surface area is 199 Å². The average molecular weight is 477 g/mol. The van der Waals surface area contributed by atoms with Crippen molar-refractivity contribution in [1.82, 2.24) is 9.47 Å². The minimum atomic E-state index is -0.351. The van der Waals surface area contributed by atoms with E-state index in [1.807, 2.05) is 41.1 Å². The number of nitrogens with zero attached hydrogens (tertiary/aromatic N) is 2. The van der Waals surface area contributed by atoms with Crippen molar-refractivity contribution in [3.8, 4) is 0 Å². The Kier molecular flexibility index (Phi) is 5.79. The van der Waals surface area contributed by atoms with E-state index in [1.165, 1.54) is 11.0 Å². The second kappa shape index (κ2) is 8.89. The summed E-state index contributed by atoms with van der Waals surface area (Å²) in [6.07, 6.45) is 3.62. The van der Waals surface area contributed by atoms with Gasteiger partial charge in [-0.1, -0.05) is 66.2 Å². The third-order valence-electron chi connectivity index (χ3n) is 5.56. The number of carbonyl (C=O) groups is 2. The van der Waals surface area contributed by atoms with Crippen molar-refractivity contribution >= 4 is 51.5 Å². The number of rotatable bonds is 5. The van der Waals surface area contributed by atoms with Crippen LogP contribution in [0.15, 0.2) is 83.9 Å². The summed E-state index contributed by atoms with van der Waals surface area (Å²) in [5.74, 6) is -0.617. The Bertz CT molecular complexity index is 1430. The maximum atomic E-state index is 14.2. The van der Waals surface area contributed by atoms with Crippen LogP contribution in [-0.2, 0) is 17.9 Å². The lowest BCUT2D eigenvalue weighted by molar-refractivity contribution is -0.123. The summed E-state index contributed by atoms with van der Waals surface area (Å²) in [6, 6.07) is 21.6. The molecule has 0 spiro atoms. The predicted molar refractivity (Wildman–Crippen MR) is 130 cm³/mol. The highest BCUT2D eigenvalue weighted by Gasteiger charge is 2.35. The topological polar surface area (TPSA) is 42.3 Å². The van der Waals surface area contributed by atoms with E-state index in [0.29, 0.717) is 27.6 Å². The molecule has 1 saturated heterocycles. The van der Waals surface area contributed by atoms with Gasteiger partial charge in [-0.15, -0.1) is 0 Å². The van der Waals surface area contributed by atoms with Crippen molar-refractivity contribution < 1.29 is 14.0 Å². The monoisotopic (exact) mass is 476 g/mol. The number of hydrogen-bond acceptors (Lipinski definition) is 3. The van der Waals surface area contributed by atoms with E-state index in [9.17, 15) is 14.0 Å². The molecule has 0 bridgehead atoms. The molecule has 1 aromatic heterocycles. The van der Waals surface area contributed by atoms with Gasteiger partial charge in [0.05, 0.1) is 18.0 Å². The van der Waals surface area contributed by atoms with Crippen molar-refractivity contribution in [3.05, 3.63) is 111 Å². The van der Waals surface area contributed by atoms with Gasteiger partial charge in [0.25, 0.3) is 11.1 Å². The molecule has 0 radical (unpaired) electrons. The SMILES string of the molecule is O=C1S/C(=C\c2cn(Cc3ccccc3F)c3ccccc23)C(=O)N1Cc1ccccc1Cl. The number of imide groups is 1. The summed E-state index contributed by atoms with van der Waals surface area (Å²) in [7, 11) is 0. The second-order valence-electron chi connectivity index (χ2n) is 7.68. The summed E-state index contributed by atoms with van der Waals surface area (Å²) < 4.78 is 16.2. The van der Waals surface area contributed by atoms with Gasteiger partial charge in [0, 0.05) is 33.2 Å². The van der Waals surface area contributed by atoms with Crippen LogP contribution in [-0.4, -0.2) is 20.6 Å².